The minimum Gasteiger partial charge on any atom is -0.488 e. The summed E-state index contributed by atoms with van der Waals surface area (Å²) in [5, 5.41) is 4.32. The van der Waals surface area contributed by atoms with E-state index in [1.807, 2.05) is 22.9 Å². The van der Waals surface area contributed by atoms with Crippen molar-refractivity contribution in [1.29, 1.82) is 0 Å². The van der Waals surface area contributed by atoms with Crippen molar-refractivity contribution in [2.24, 2.45) is 0 Å². The number of nitrogens with zero attached hydrogens (tertiary/aromatic N) is 4. The van der Waals surface area contributed by atoms with Crippen molar-refractivity contribution in [3.63, 3.8) is 0 Å². The number of carbonyl (C=O) groups excluding carboxylic acids is 1. The van der Waals surface area contributed by atoms with Crippen molar-refractivity contribution in [3.8, 4) is 17.1 Å². The number of ether oxygens (including phenoxy) is 1. The maximum atomic E-state index is 11.1. The number of anilines is 1. The summed E-state index contributed by atoms with van der Waals surface area (Å²) in [7, 11) is 0. The zero-order valence-corrected chi connectivity index (χ0v) is 14.1. The molecule has 3 heterocycles. The van der Waals surface area contributed by atoms with Crippen LogP contribution >= 0.6 is 0 Å². The number of rotatable bonds is 6. The van der Waals surface area contributed by atoms with Crippen LogP contribution < -0.4 is 10.5 Å². The number of pyridine rings is 2. The van der Waals surface area contributed by atoms with Gasteiger partial charge in [0.2, 0.25) is 0 Å². The molecule has 0 saturated carbocycles. The van der Waals surface area contributed by atoms with Gasteiger partial charge < -0.3 is 10.5 Å². The molecule has 25 heavy (non-hydrogen) atoms. The number of aromatic nitrogens is 4. The van der Waals surface area contributed by atoms with Crippen molar-refractivity contribution in [3.05, 3.63) is 54.0 Å². The lowest BCUT2D eigenvalue weighted by atomic mass is 10.2. The summed E-state index contributed by atoms with van der Waals surface area (Å²) in [6.07, 6.45) is 5.67. The van der Waals surface area contributed by atoms with E-state index in [0.29, 0.717) is 12.0 Å². The molecule has 0 aromatic carbocycles. The lowest BCUT2D eigenvalue weighted by Crippen LogP contribution is -2.06. The summed E-state index contributed by atoms with van der Waals surface area (Å²) < 4.78 is 7.60. The van der Waals surface area contributed by atoms with Crippen LogP contribution in [-0.2, 0) is 6.61 Å². The number of aldehydes is 1. The number of nitrogens with two attached hydrogens (primary N) is 1. The van der Waals surface area contributed by atoms with Gasteiger partial charge in [-0.1, -0.05) is 6.07 Å². The Balaban J connectivity index is 1.75. The van der Waals surface area contributed by atoms with Crippen LogP contribution in [0.15, 0.2) is 42.9 Å². The van der Waals surface area contributed by atoms with Gasteiger partial charge in [0.15, 0.2) is 6.29 Å². The van der Waals surface area contributed by atoms with Crippen molar-refractivity contribution < 1.29 is 9.53 Å². The molecule has 0 amide bonds. The zero-order chi connectivity index (χ0) is 17.8. The van der Waals surface area contributed by atoms with Gasteiger partial charge in [-0.3, -0.25) is 14.5 Å². The Kier molecular flexibility index (Phi) is 4.74. The molecule has 3 rings (SSSR count). The van der Waals surface area contributed by atoms with Gasteiger partial charge in [0, 0.05) is 30.2 Å². The normalized spacial score (nSPS) is 10.8. The van der Waals surface area contributed by atoms with E-state index in [4.69, 9.17) is 10.5 Å². The topological polar surface area (TPSA) is 95.9 Å². The maximum absolute atomic E-state index is 11.1. The molecular weight excluding hydrogens is 318 g/mol. The lowest BCUT2D eigenvalue weighted by molar-refractivity contribution is 0.111. The highest BCUT2D eigenvalue weighted by atomic mass is 16.5. The molecule has 2 N–H and O–H groups in total. The molecule has 0 radical (unpaired) electrons. The van der Waals surface area contributed by atoms with Crippen molar-refractivity contribution in [1.82, 2.24) is 19.7 Å². The van der Waals surface area contributed by atoms with Gasteiger partial charge in [-0.25, -0.2) is 4.98 Å². The fraction of sp³-hybridized carbons (Fsp3) is 0.222. The fourth-order valence-corrected chi connectivity index (χ4v) is 2.47. The molecule has 0 spiro atoms. The first-order valence-electron chi connectivity index (χ1n) is 7.91. The van der Waals surface area contributed by atoms with E-state index in [1.54, 1.807) is 18.5 Å². The number of carbonyl (C=O) groups is 1. The summed E-state index contributed by atoms with van der Waals surface area (Å²) in [6, 6.07) is 7.67. The summed E-state index contributed by atoms with van der Waals surface area (Å²) in [5.74, 6) is 0.562. The first kappa shape index (κ1) is 16.6. The molecule has 0 unspecified atom stereocenters. The molecule has 7 heteroatoms. The Morgan fingerprint density at radius 1 is 1.20 bits per heavy atom. The van der Waals surface area contributed by atoms with Gasteiger partial charge >= 0.3 is 0 Å². The van der Waals surface area contributed by atoms with Crippen molar-refractivity contribution >= 4 is 12.1 Å². The van der Waals surface area contributed by atoms with E-state index >= 15 is 0 Å². The Labute approximate surface area is 145 Å². The molecule has 3 aromatic heterocycles. The minimum absolute atomic E-state index is 0.155. The molecule has 0 bridgehead atoms. The van der Waals surface area contributed by atoms with Gasteiger partial charge in [-0.15, -0.1) is 0 Å². The third-order valence-electron chi connectivity index (χ3n) is 3.74. The summed E-state index contributed by atoms with van der Waals surface area (Å²) >= 11 is 0. The molecule has 0 aliphatic heterocycles. The predicted octanol–water partition coefficient (Wildman–Crippen LogP) is 2.89. The van der Waals surface area contributed by atoms with Gasteiger partial charge in [-0.05, 0) is 32.0 Å². The van der Waals surface area contributed by atoms with Gasteiger partial charge in [0.05, 0.1) is 17.0 Å². The molecule has 3 aromatic rings. The maximum Gasteiger partial charge on any atom is 0.157 e. The molecule has 0 fully saturated rings. The summed E-state index contributed by atoms with van der Waals surface area (Å²) in [4.78, 5) is 19.5. The SMILES string of the molecule is CC(C)n1nccc1-c1ccc(COc2ccnc(N)c2C=O)cn1. The second-order valence-electron chi connectivity index (χ2n) is 5.82. The Morgan fingerprint density at radius 2 is 2.04 bits per heavy atom. The highest BCUT2D eigenvalue weighted by Crippen LogP contribution is 2.23. The van der Waals surface area contributed by atoms with Gasteiger partial charge in [0.25, 0.3) is 0 Å². The molecule has 0 aliphatic rings. The minimum atomic E-state index is 0.155. The standard InChI is InChI=1S/C18H19N5O2/c1-12(2)23-16(5-8-22-23)15-4-3-13(9-21-15)11-25-17-6-7-20-18(19)14(17)10-24/h3-10,12H,11H2,1-2H3,(H2,19,20). The van der Waals surface area contributed by atoms with Crippen LogP contribution in [0.1, 0.15) is 35.8 Å². The van der Waals surface area contributed by atoms with Crippen molar-refractivity contribution in [2.45, 2.75) is 26.5 Å². The quantitative estimate of drug-likeness (QED) is 0.695. The molecule has 0 saturated heterocycles. The smallest absolute Gasteiger partial charge is 0.157 e. The Bertz CT molecular complexity index is 871. The number of nitrogen functional groups attached to an aromatic ring is 1. The highest BCUT2D eigenvalue weighted by molar-refractivity contribution is 5.85. The highest BCUT2D eigenvalue weighted by Gasteiger charge is 2.10. The molecule has 7 nitrogen and oxygen atoms in total. The number of hydrogen-bond donors (Lipinski definition) is 1. The summed E-state index contributed by atoms with van der Waals surface area (Å²) in [5.41, 5.74) is 8.62. The third-order valence-corrected chi connectivity index (χ3v) is 3.74. The fourth-order valence-electron chi connectivity index (χ4n) is 2.47. The van der Waals surface area contributed by atoms with Crippen LogP contribution in [0.5, 0.6) is 5.75 Å². The van der Waals surface area contributed by atoms with Crippen LogP contribution in [0, 0.1) is 0 Å². The molecule has 0 atom stereocenters. The second-order valence-corrected chi connectivity index (χ2v) is 5.82. The monoisotopic (exact) mass is 337 g/mol. The van der Waals surface area contributed by atoms with Gasteiger partial charge in [-0.2, -0.15) is 5.10 Å². The van der Waals surface area contributed by atoms with E-state index in [0.717, 1.165) is 17.0 Å². The van der Waals surface area contributed by atoms with E-state index in [9.17, 15) is 4.79 Å². The largest absolute Gasteiger partial charge is 0.488 e. The average molecular weight is 337 g/mol. The van der Waals surface area contributed by atoms with Crippen LogP contribution in [0.25, 0.3) is 11.4 Å². The van der Waals surface area contributed by atoms with Crippen LogP contribution in [0.3, 0.4) is 0 Å². The third kappa shape index (κ3) is 3.50. The van der Waals surface area contributed by atoms with Crippen LogP contribution in [0.4, 0.5) is 5.82 Å². The lowest BCUT2D eigenvalue weighted by Gasteiger charge is -2.11. The van der Waals surface area contributed by atoms with E-state index in [2.05, 4.69) is 28.9 Å². The molecule has 0 aliphatic carbocycles. The Morgan fingerprint density at radius 3 is 2.72 bits per heavy atom. The number of hydrogen-bond acceptors (Lipinski definition) is 6. The average Bonchev–Trinajstić information content (AvgIpc) is 3.10. The first-order valence-corrected chi connectivity index (χ1v) is 7.91. The van der Waals surface area contributed by atoms with E-state index in [1.165, 1.54) is 6.20 Å². The van der Waals surface area contributed by atoms with Crippen molar-refractivity contribution in [2.75, 3.05) is 5.73 Å². The molecule has 128 valence electrons. The Hall–Kier alpha value is -3.22. The summed E-state index contributed by atoms with van der Waals surface area (Å²) in [6.45, 7) is 4.43. The first-order chi connectivity index (χ1) is 12.1. The van der Waals surface area contributed by atoms with Crippen LogP contribution in [-0.4, -0.2) is 26.0 Å². The molecular formula is C18H19N5O2. The van der Waals surface area contributed by atoms with E-state index in [-0.39, 0.29) is 24.0 Å². The zero-order valence-electron chi connectivity index (χ0n) is 14.1. The van der Waals surface area contributed by atoms with E-state index < -0.39 is 0 Å². The predicted molar refractivity (Wildman–Crippen MR) is 94.2 cm³/mol. The van der Waals surface area contributed by atoms with Crippen LogP contribution in [0.2, 0.25) is 0 Å². The second kappa shape index (κ2) is 7.12. The van der Waals surface area contributed by atoms with Gasteiger partial charge in [0.1, 0.15) is 18.2 Å².